The number of anilines is 1. The van der Waals surface area contributed by atoms with Crippen molar-refractivity contribution in [2.24, 2.45) is 0 Å². The minimum absolute atomic E-state index is 0.461. The molecule has 0 spiro atoms. The van der Waals surface area contributed by atoms with Crippen LogP contribution in [0.25, 0.3) is 0 Å². The van der Waals surface area contributed by atoms with E-state index >= 15 is 0 Å². The second-order valence-corrected chi connectivity index (χ2v) is 5.67. The van der Waals surface area contributed by atoms with E-state index < -0.39 is 0 Å². The molecule has 104 valence electrons. The quantitative estimate of drug-likeness (QED) is 0.860. The van der Waals surface area contributed by atoms with Crippen molar-refractivity contribution in [2.45, 2.75) is 26.1 Å². The van der Waals surface area contributed by atoms with E-state index in [1.807, 2.05) is 18.3 Å². The maximum absolute atomic E-state index is 5.85. The molecule has 3 nitrogen and oxygen atoms in total. The average molecular weight is 288 g/mol. The SMILES string of the molecule is CC1CN(Cc2ccc(Cl)nc2)c2ccccc2CN1. The first-order valence-electron chi connectivity index (χ1n) is 6.89. The van der Waals surface area contributed by atoms with Crippen LogP contribution in [0.3, 0.4) is 0 Å². The fourth-order valence-electron chi connectivity index (χ4n) is 2.62. The van der Waals surface area contributed by atoms with Crippen LogP contribution in [0.2, 0.25) is 5.15 Å². The molecule has 1 aromatic carbocycles. The summed E-state index contributed by atoms with van der Waals surface area (Å²) in [5.74, 6) is 0. The molecule has 0 amide bonds. The number of aromatic nitrogens is 1. The number of halogens is 1. The van der Waals surface area contributed by atoms with Crippen molar-refractivity contribution in [3.63, 3.8) is 0 Å². The molecule has 0 aliphatic carbocycles. The third-order valence-corrected chi connectivity index (χ3v) is 3.85. The van der Waals surface area contributed by atoms with Gasteiger partial charge in [-0.2, -0.15) is 0 Å². The molecule has 0 saturated heterocycles. The van der Waals surface area contributed by atoms with Gasteiger partial charge in [0.05, 0.1) is 0 Å². The smallest absolute Gasteiger partial charge is 0.129 e. The molecule has 1 unspecified atom stereocenters. The Kier molecular flexibility index (Phi) is 3.90. The number of para-hydroxylation sites is 1. The fourth-order valence-corrected chi connectivity index (χ4v) is 2.73. The number of hydrogen-bond acceptors (Lipinski definition) is 3. The van der Waals surface area contributed by atoms with Crippen molar-refractivity contribution in [2.75, 3.05) is 11.4 Å². The van der Waals surface area contributed by atoms with Crippen molar-refractivity contribution in [1.29, 1.82) is 0 Å². The van der Waals surface area contributed by atoms with Gasteiger partial charge in [-0.15, -0.1) is 0 Å². The molecular weight excluding hydrogens is 270 g/mol. The van der Waals surface area contributed by atoms with Crippen molar-refractivity contribution >= 4 is 17.3 Å². The highest BCUT2D eigenvalue weighted by molar-refractivity contribution is 6.29. The van der Waals surface area contributed by atoms with Crippen molar-refractivity contribution in [1.82, 2.24) is 10.3 Å². The molecule has 0 bridgehead atoms. The lowest BCUT2D eigenvalue weighted by molar-refractivity contribution is 0.552. The number of rotatable bonds is 2. The maximum atomic E-state index is 5.85. The van der Waals surface area contributed by atoms with Gasteiger partial charge in [-0.05, 0) is 30.2 Å². The molecule has 1 atom stereocenters. The van der Waals surface area contributed by atoms with Gasteiger partial charge < -0.3 is 10.2 Å². The van der Waals surface area contributed by atoms with Gasteiger partial charge in [-0.1, -0.05) is 35.9 Å². The van der Waals surface area contributed by atoms with E-state index in [1.165, 1.54) is 16.8 Å². The highest BCUT2D eigenvalue weighted by Crippen LogP contribution is 2.25. The van der Waals surface area contributed by atoms with Crippen molar-refractivity contribution in [3.05, 3.63) is 58.9 Å². The Morgan fingerprint density at radius 1 is 1.30 bits per heavy atom. The van der Waals surface area contributed by atoms with Crippen LogP contribution < -0.4 is 10.2 Å². The molecule has 1 aliphatic rings. The van der Waals surface area contributed by atoms with E-state index in [9.17, 15) is 0 Å². The second kappa shape index (κ2) is 5.81. The van der Waals surface area contributed by atoms with Crippen LogP contribution in [0, 0.1) is 0 Å². The molecular formula is C16H18ClN3. The zero-order valence-corrected chi connectivity index (χ0v) is 12.3. The first-order chi connectivity index (χ1) is 9.72. The largest absolute Gasteiger partial charge is 0.365 e. The Morgan fingerprint density at radius 2 is 2.15 bits per heavy atom. The molecule has 1 aromatic heterocycles. The average Bonchev–Trinajstić information content (AvgIpc) is 2.62. The minimum atomic E-state index is 0.461. The van der Waals surface area contributed by atoms with Gasteiger partial charge >= 0.3 is 0 Å². The predicted molar refractivity (Wildman–Crippen MR) is 83.0 cm³/mol. The van der Waals surface area contributed by atoms with Gasteiger partial charge in [0.25, 0.3) is 0 Å². The highest BCUT2D eigenvalue weighted by Gasteiger charge is 2.18. The molecule has 20 heavy (non-hydrogen) atoms. The molecule has 2 heterocycles. The number of benzene rings is 1. The highest BCUT2D eigenvalue weighted by atomic mass is 35.5. The lowest BCUT2D eigenvalue weighted by Gasteiger charge is -2.26. The summed E-state index contributed by atoms with van der Waals surface area (Å²) in [5.41, 5.74) is 3.83. The Hall–Kier alpha value is -1.58. The Bertz CT molecular complexity index is 583. The number of nitrogens with zero attached hydrogens (tertiary/aromatic N) is 2. The maximum Gasteiger partial charge on any atom is 0.129 e. The zero-order valence-electron chi connectivity index (χ0n) is 11.5. The van der Waals surface area contributed by atoms with E-state index in [-0.39, 0.29) is 0 Å². The topological polar surface area (TPSA) is 28.2 Å². The van der Waals surface area contributed by atoms with E-state index in [0.717, 1.165) is 19.6 Å². The first kappa shape index (κ1) is 13.4. The third-order valence-electron chi connectivity index (χ3n) is 3.63. The minimum Gasteiger partial charge on any atom is -0.365 e. The van der Waals surface area contributed by atoms with Crippen LogP contribution in [0.15, 0.2) is 42.6 Å². The van der Waals surface area contributed by atoms with Gasteiger partial charge in [-0.25, -0.2) is 4.98 Å². The summed E-state index contributed by atoms with van der Waals surface area (Å²) in [6.45, 7) is 4.98. The van der Waals surface area contributed by atoms with Gasteiger partial charge in [0, 0.05) is 37.6 Å². The third kappa shape index (κ3) is 2.94. The van der Waals surface area contributed by atoms with Crippen LogP contribution >= 0.6 is 11.6 Å². The normalized spacial score (nSPS) is 18.5. The summed E-state index contributed by atoms with van der Waals surface area (Å²) in [7, 11) is 0. The Morgan fingerprint density at radius 3 is 2.95 bits per heavy atom. The Labute approximate surface area is 124 Å². The molecule has 1 N–H and O–H groups in total. The summed E-state index contributed by atoms with van der Waals surface area (Å²) in [6.07, 6.45) is 1.86. The van der Waals surface area contributed by atoms with Gasteiger partial charge in [0.15, 0.2) is 0 Å². The van der Waals surface area contributed by atoms with Crippen LogP contribution in [-0.2, 0) is 13.1 Å². The molecule has 2 aromatic rings. The summed E-state index contributed by atoms with van der Waals surface area (Å²) in [4.78, 5) is 6.57. The molecule has 0 radical (unpaired) electrons. The lowest BCUT2D eigenvalue weighted by Crippen LogP contribution is -2.35. The number of fused-ring (bicyclic) bond motifs is 1. The lowest BCUT2D eigenvalue weighted by atomic mass is 10.1. The van der Waals surface area contributed by atoms with Gasteiger partial charge in [-0.3, -0.25) is 0 Å². The zero-order chi connectivity index (χ0) is 13.9. The summed E-state index contributed by atoms with van der Waals surface area (Å²) < 4.78 is 0. The predicted octanol–water partition coefficient (Wildman–Crippen LogP) is 3.23. The van der Waals surface area contributed by atoms with Crippen LogP contribution in [0.4, 0.5) is 5.69 Å². The van der Waals surface area contributed by atoms with Gasteiger partial charge in [0.1, 0.15) is 5.15 Å². The monoisotopic (exact) mass is 287 g/mol. The molecule has 3 rings (SSSR count). The standard InChI is InChI=1S/C16H18ClN3/c1-12-10-20(11-13-6-7-16(17)19-8-13)15-5-3-2-4-14(15)9-18-12/h2-8,12,18H,9-11H2,1H3. The summed E-state index contributed by atoms with van der Waals surface area (Å²) in [5, 5.41) is 4.09. The van der Waals surface area contributed by atoms with E-state index in [0.29, 0.717) is 11.2 Å². The molecule has 4 heteroatoms. The molecule has 1 aliphatic heterocycles. The fraction of sp³-hybridized carbons (Fsp3) is 0.312. The summed E-state index contributed by atoms with van der Waals surface area (Å²) in [6, 6.07) is 12.9. The van der Waals surface area contributed by atoms with Crippen LogP contribution in [-0.4, -0.2) is 17.6 Å². The second-order valence-electron chi connectivity index (χ2n) is 5.28. The first-order valence-corrected chi connectivity index (χ1v) is 7.27. The number of nitrogens with one attached hydrogen (secondary N) is 1. The van der Waals surface area contributed by atoms with Crippen molar-refractivity contribution in [3.8, 4) is 0 Å². The van der Waals surface area contributed by atoms with E-state index in [1.54, 1.807) is 0 Å². The number of hydrogen-bond donors (Lipinski definition) is 1. The molecule has 0 fully saturated rings. The van der Waals surface area contributed by atoms with Crippen molar-refractivity contribution < 1.29 is 0 Å². The van der Waals surface area contributed by atoms with Crippen LogP contribution in [0.1, 0.15) is 18.1 Å². The van der Waals surface area contributed by atoms with E-state index in [4.69, 9.17) is 11.6 Å². The van der Waals surface area contributed by atoms with E-state index in [2.05, 4.69) is 46.4 Å². The number of pyridine rings is 1. The molecule has 0 saturated carbocycles. The van der Waals surface area contributed by atoms with Gasteiger partial charge in [0.2, 0.25) is 0 Å². The Balaban J connectivity index is 1.88. The van der Waals surface area contributed by atoms with Crippen LogP contribution in [0.5, 0.6) is 0 Å². The summed E-state index contributed by atoms with van der Waals surface area (Å²) >= 11 is 5.85.